The number of hydrogen-bond acceptors (Lipinski definition) is 5. The molecule has 0 bridgehead atoms. The van der Waals surface area contributed by atoms with Crippen LogP contribution in [0.5, 0.6) is 5.75 Å². The normalized spacial score (nSPS) is 18.2. The molecule has 1 amide bonds. The summed E-state index contributed by atoms with van der Waals surface area (Å²) in [7, 11) is 1.52. The molecule has 1 unspecified atom stereocenters. The van der Waals surface area contributed by atoms with Gasteiger partial charge in [0, 0.05) is 5.56 Å². The van der Waals surface area contributed by atoms with Gasteiger partial charge in [-0.3, -0.25) is 9.59 Å². The number of Topliss-reactive ketones (excluding diaryl/α,β-unsaturated/α-hetero) is 1. The maximum Gasteiger partial charge on any atom is 0.296 e. The van der Waals surface area contributed by atoms with Gasteiger partial charge < -0.3 is 19.2 Å². The maximum absolute atomic E-state index is 12.9. The zero-order chi connectivity index (χ0) is 20.4. The van der Waals surface area contributed by atoms with Gasteiger partial charge in [-0.1, -0.05) is 42.5 Å². The van der Waals surface area contributed by atoms with Crippen LogP contribution in [0.3, 0.4) is 0 Å². The number of furan rings is 1. The maximum atomic E-state index is 12.9. The number of amides is 1. The Bertz CT molecular complexity index is 1070. The molecule has 4 rings (SSSR count). The van der Waals surface area contributed by atoms with Gasteiger partial charge in [-0.15, -0.1) is 0 Å². The molecule has 2 heterocycles. The van der Waals surface area contributed by atoms with E-state index in [0.29, 0.717) is 17.1 Å². The van der Waals surface area contributed by atoms with Crippen LogP contribution in [0.2, 0.25) is 0 Å². The molecule has 1 N–H and O–H groups in total. The number of ketones is 1. The third-order valence-electron chi connectivity index (χ3n) is 4.90. The molecule has 0 aliphatic carbocycles. The van der Waals surface area contributed by atoms with Crippen LogP contribution < -0.4 is 4.74 Å². The number of aliphatic hydroxyl groups excluding tert-OH is 1. The third kappa shape index (κ3) is 3.40. The molecule has 29 heavy (non-hydrogen) atoms. The second-order valence-electron chi connectivity index (χ2n) is 6.65. The molecule has 3 aromatic rings. The molecule has 0 radical (unpaired) electrons. The molecule has 0 spiro atoms. The van der Waals surface area contributed by atoms with E-state index in [4.69, 9.17) is 9.15 Å². The van der Waals surface area contributed by atoms with Gasteiger partial charge in [0.25, 0.3) is 11.7 Å². The summed E-state index contributed by atoms with van der Waals surface area (Å²) in [6, 6.07) is 18.6. The molecule has 1 saturated heterocycles. The molecular weight excluding hydrogens is 370 g/mol. The quantitative estimate of drug-likeness (QED) is 0.407. The lowest BCUT2D eigenvalue weighted by Crippen LogP contribution is -2.29. The van der Waals surface area contributed by atoms with E-state index >= 15 is 0 Å². The standard InChI is InChI=1S/C23H19NO5/c1-28-17-10-5-9-16(13-17)21(25)19-20(15-7-3-2-4-8-15)24(23(27)22(19)26)14-18-11-6-12-29-18/h2-13,20,25H,14H2,1H3/b21-19+. The Morgan fingerprint density at radius 2 is 1.86 bits per heavy atom. The summed E-state index contributed by atoms with van der Waals surface area (Å²) in [5, 5.41) is 11.0. The largest absolute Gasteiger partial charge is 0.507 e. The lowest BCUT2D eigenvalue weighted by molar-refractivity contribution is -0.140. The molecule has 2 aromatic carbocycles. The van der Waals surface area contributed by atoms with Crippen molar-refractivity contribution in [3.8, 4) is 5.75 Å². The topological polar surface area (TPSA) is 80.0 Å². The molecular formula is C23H19NO5. The number of benzene rings is 2. The molecule has 146 valence electrons. The number of rotatable bonds is 5. The van der Waals surface area contributed by atoms with Crippen molar-refractivity contribution in [3.05, 3.63) is 95.5 Å². The summed E-state index contributed by atoms with van der Waals surface area (Å²) in [4.78, 5) is 27.2. The SMILES string of the molecule is COc1cccc(/C(O)=C2\C(=O)C(=O)N(Cc3ccco3)C2c2ccccc2)c1. The smallest absolute Gasteiger partial charge is 0.296 e. The number of hydrogen-bond donors (Lipinski definition) is 1. The first-order chi connectivity index (χ1) is 14.1. The van der Waals surface area contributed by atoms with Crippen molar-refractivity contribution < 1.29 is 23.8 Å². The zero-order valence-corrected chi connectivity index (χ0v) is 15.7. The van der Waals surface area contributed by atoms with E-state index in [-0.39, 0.29) is 17.9 Å². The first-order valence-electron chi connectivity index (χ1n) is 9.10. The first-order valence-corrected chi connectivity index (χ1v) is 9.10. The monoisotopic (exact) mass is 389 g/mol. The van der Waals surface area contributed by atoms with Gasteiger partial charge in [0.2, 0.25) is 0 Å². The van der Waals surface area contributed by atoms with Gasteiger partial charge in [-0.2, -0.15) is 0 Å². The van der Waals surface area contributed by atoms with Crippen molar-refractivity contribution in [2.45, 2.75) is 12.6 Å². The zero-order valence-electron chi connectivity index (χ0n) is 15.7. The lowest BCUT2D eigenvalue weighted by Gasteiger charge is -2.24. The first kappa shape index (κ1) is 18.6. The molecule has 1 aliphatic rings. The number of carbonyl (C=O) groups excluding carboxylic acids is 2. The molecule has 0 saturated carbocycles. The Hall–Kier alpha value is -3.80. The van der Waals surface area contributed by atoms with Crippen LogP contribution in [0.4, 0.5) is 0 Å². The van der Waals surface area contributed by atoms with Crippen molar-refractivity contribution in [1.82, 2.24) is 4.90 Å². The Labute approximate surface area is 167 Å². The Morgan fingerprint density at radius 1 is 1.07 bits per heavy atom. The summed E-state index contributed by atoms with van der Waals surface area (Å²) >= 11 is 0. The van der Waals surface area contributed by atoms with Gasteiger partial charge in [0.15, 0.2) is 0 Å². The van der Waals surface area contributed by atoms with Crippen molar-refractivity contribution >= 4 is 17.4 Å². The number of ether oxygens (including phenoxy) is 1. The van der Waals surface area contributed by atoms with Crippen LogP contribution in [-0.4, -0.2) is 28.8 Å². The predicted molar refractivity (Wildman–Crippen MR) is 106 cm³/mol. The lowest BCUT2D eigenvalue weighted by atomic mass is 9.95. The van der Waals surface area contributed by atoms with Crippen molar-refractivity contribution in [2.24, 2.45) is 0 Å². The highest BCUT2D eigenvalue weighted by Gasteiger charge is 2.46. The average Bonchev–Trinajstić information content (AvgIpc) is 3.36. The van der Waals surface area contributed by atoms with Crippen LogP contribution >= 0.6 is 0 Å². The van der Waals surface area contributed by atoms with Crippen LogP contribution in [-0.2, 0) is 16.1 Å². The third-order valence-corrected chi connectivity index (χ3v) is 4.90. The van der Waals surface area contributed by atoms with Gasteiger partial charge in [0.05, 0.1) is 31.5 Å². The number of aliphatic hydroxyl groups is 1. The minimum Gasteiger partial charge on any atom is -0.507 e. The van der Waals surface area contributed by atoms with E-state index in [2.05, 4.69) is 0 Å². The highest BCUT2D eigenvalue weighted by Crippen LogP contribution is 2.40. The minimum atomic E-state index is -0.731. The van der Waals surface area contributed by atoms with E-state index < -0.39 is 17.7 Å². The molecule has 1 aliphatic heterocycles. The van der Waals surface area contributed by atoms with Gasteiger partial charge in [-0.05, 0) is 29.8 Å². The van der Waals surface area contributed by atoms with Crippen molar-refractivity contribution in [1.29, 1.82) is 0 Å². The average molecular weight is 389 g/mol. The Morgan fingerprint density at radius 3 is 2.55 bits per heavy atom. The van der Waals surface area contributed by atoms with Crippen LogP contribution in [0, 0.1) is 0 Å². The van der Waals surface area contributed by atoms with Gasteiger partial charge in [-0.25, -0.2) is 0 Å². The van der Waals surface area contributed by atoms with Crippen LogP contribution in [0.1, 0.15) is 22.9 Å². The van der Waals surface area contributed by atoms with Gasteiger partial charge >= 0.3 is 0 Å². The summed E-state index contributed by atoms with van der Waals surface area (Å²) in [5.41, 5.74) is 1.17. The van der Waals surface area contributed by atoms with E-state index in [0.717, 1.165) is 5.56 Å². The number of likely N-dealkylation sites (tertiary alicyclic amines) is 1. The van der Waals surface area contributed by atoms with E-state index in [1.165, 1.54) is 18.3 Å². The van der Waals surface area contributed by atoms with Crippen molar-refractivity contribution in [2.75, 3.05) is 7.11 Å². The van der Waals surface area contributed by atoms with Crippen LogP contribution in [0.15, 0.2) is 83.0 Å². The summed E-state index contributed by atoms with van der Waals surface area (Å²) in [6.45, 7) is 0.117. The number of nitrogens with zero attached hydrogens (tertiary/aromatic N) is 1. The number of methoxy groups -OCH3 is 1. The van der Waals surface area contributed by atoms with E-state index in [1.54, 1.807) is 36.4 Å². The van der Waals surface area contributed by atoms with Gasteiger partial charge in [0.1, 0.15) is 17.3 Å². The second-order valence-corrected chi connectivity index (χ2v) is 6.65. The fourth-order valence-electron chi connectivity index (χ4n) is 3.52. The second kappa shape index (κ2) is 7.67. The van der Waals surface area contributed by atoms with E-state index in [9.17, 15) is 14.7 Å². The highest BCUT2D eigenvalue weighted by molar-refractivity contribution is 6.46. The fourth-order valence-corrected chi connectivity index (χ4v) is 3.52. The van der Waals surface area contributed by atoms with Crippen LogP contribution in [0.25, 0.3) is 5.76 Å². The molecule has 6 nitrogen and oxygen atoms in total. The molecule has 1 aromatic heterocycles. The summed E-state index contributed by atoms with van der Waals surface area (Å²) < 4.78 is 10.6. The summed E-state index contributed by atoms with van der Waals surface area (Å²) in [5.74, 6) is -0.562. The minimum absolute atomic E-state index is 0.0426. The summed E-state index contributed by atoms with van der Waals surface area (Å²) in [6.07, 6.45) is 1.51. The highest BCUT2D eigenvalue weighted by atomic mass is 16.5. The molecule has 1 fully saturated rings. The Kier molecular flexibility index (Phi) is 4.91. The van der Waals surface area contributed by atoms with Crippen molar-refractivity contribution in [3.63, 3.8) is 0 Å². The van der Waals surface area contributed by atoms with E-state index in [1.807, 2.05) is 30.3 Å². The molecule has 1 atom stereocenters. The predicted octanol–water partition coefficient (Wildman–Crippen LogP) is 3.91. The Balaban J connectivity index is 1.86. The fraction of sp³-hybridized carbons (Fsp3) is 0.130. The molecule has 6 heteroatoms. The number of carbonyl (C=O) groups is 2.